The fourth-order valence-electron chi connectivity index (χ4n) is 1.17. The molecule has 0 aliphatic carbocycles. The minimum Gasteiger partial charge on any atom is -0.468 e. The lowest BCUT2D eigenvalue weighted by molar-refractivity contribution is -0.176. The Labute approximate surface area is 91.6 Å². The first-order chi connectivity index (χ1) is 7.53. The lowest BCUT2D eigenvalue weighted by Crippen LogP contribution is -2.17. The molecule has 0 aliphatic rings. The van der Waals surface area contributed by atoms with E-state index in [1.54, 1.807) is 6.07 Å². The van der Waals surface area contributed by atoms with E-state index in [4.69, 9.17) is 4.42 Å². The highest BCUT2D eigenvalue weighted by Gasteiger charge is 2.27. The van der Waals surface area contributed by atoms with Gasteiger partial charge in [-0.1, -0.05) is 6.92 Å². The van der Waals surface area contributed by atoms with Gasteiger partial charge in [-0.25, -0.2) is 0 Å². The summed E-state index contributed by atoms with van der Waals surface area (Å²) >= 11 is 0. The number of nitrogens with one attached hydrogen (secondary N) is 1. The maximum absolute atomic E-state index is 11.8. The van der Waals surface area contributed by atoms with Gasteiger partial charge >= 0.3 is 6.18 Å². The second-order valence-electron chi connectivity index (χ2n) is 3.26. The van der Waals surface area contributed by atoms with Crippen molar-refractivity contribution in [1.82, 2.24) is 5.32 Å². The van der Waals surface area contributed by atoms with Crippen molar-refractivity contribution in [3.05, 3.63) is 23.7 Å². The summed E-state index contributed by atoms with van der Waals surface area (Å²) in [5.41, 5.74) is 0.644. The van der Waals surface area contributed by atoms with Crippen LogP contribution in [-0.2, 0) is 17.9 Å². The average Bonchev–Trinajstić information content (AvgIpc) is 2.60. The van der Waals surface area contributed by atoms with Crippen LogP contribution in [0.1, 0.15) is 18.2 Å². The Kier molecular flexibility index (Phi) is 4.82. The lowest BCUT2D eigenvalue weighted by Gasteiger charge is -2.07. The Balaban J connectivity index is 2.38. The van der Waals surface area contributed by atoms with Gasteiger partial charge < -0.3 is 14.5 Å². The molecule has 1 rings (SSSR count). The molecule has 0 unspecified atom stereocenters. The van der Waals surface area contributed by atoms with E-state index in [-0.39, 0.29) is 6.61 Å². The highest BCUT2D eigenvalue weighted by Crippen LogP contribution is 2.17. The Bertz CT molecular complexity index is 309. The van der Waals surface area contributed by atoms with E-state index in [2.05, 4.69) is 10.1 Å². The van der Waals surface area contributed by atoms with E-state index in [1.807, 2.05) is 6.92 Å². The molecule has 1 heterocycles. The summed E-state index contributed by atoms with van der Waals surface area (Å²) in [7, 11) is 0. The largest absolute Gasteiger partial charge is 0.468 e. The van der Waals surface area contributed by atoms with Gasteiger partial charge in [-0.3, -0.25) is 0 Å². The molecule has 3 nitrogen and oxygen atoms in total. The third-order valence-electron chi connectivity index (χ3n) is 1.90. The molecular weight excluding hydrogens is 223 g/mol. The van der Waals surface area contributed by atoms with Crippen LogP contribution < -0.4 is 5.32 Å². The number of hydrogen-bond donors (Lipinski definition) is 1. The summed E-state index contributed by atoms with van der Waals surface area (Å²) in [5.74, 6) is 0.615. The molecule has 1 aromatic heterocycles. The van der Waals surface area contributed by atoms with Gasteiger partial charge in [-0.2, -0.15) is 13.2 Å². The first-order valence-electron chi connectivity index (χ1n) is 4.93. The predicted octanol–water partition coefficient (Wildman–Crippen LogP) is 2.47. The van der Waals surface area contributed by atoms with Crippen molar-refractivity contribution < 1.29 is 22.3 Å². The lowest BCUT2D eigenvalue weighted by atomic mass is 10.2. The van der Waals surface area contributed by atoms with E-state index < -0.39 is 12.8 Å². The molecule has 0 saturated carbocycles. The zero-order chi connectivity index (χ0) is 12.0. The highest BCUT2D eigenvalue weighted by atomic mass is 19.4. The molecule has 92 valence electrons. The van der Waals surface area contributed by atoms with Gasteiger partial charge in [0, 0.05) is 5.56 Å². The standard InChI is InChI=1S/C10H14F3NO2/c1-2-14-5-9-8(3-4-16-9)6-15-7-10(11,12)13/h3-4,14H,2,5-7H2,1H3. The quantitative estimate of drug-likeness (QED) is 0.825. The number of furan rings is 1. The van der Waals surface area contributed by atoms with Gasteiger partial charge in [-0.15, -0.1) is 0 Å². The average molecular weight is 237 g/mol. The first-order valence-corrected chi connectivity index (χ1v) is 4.93. The Hall–Kier alpha value is -1.01. The van der Waals surface area contributed by atoms with Crippen molar-refractivity contribution >= 4 is 0 Å². The van der Waals surface area contributed by atoms with E-state index in [0.717, 1.165) is 6.54 Å². The van der Waals surface area contributed by atoms with E-state index >= 15 is 0 Å². The monoisotopic (exact) mass is 237 g/mol. The molecule has 0 atom stereocenters. The van der Waals surface area contributed by atoms with Crippen LogP contribution in [0.15, 0.2) is 16.7 Å². The normalized spacial score (nSPS) is 12.0. The second kappa shape index (κ2) is 5.91. The molecular formula is C10H14F3NO2. The summed E-state index contributed by atoms with van der Waals surface area (Å²) in [6, 6.07) is 1.61. The van der Waals surface area contributed by atoms with Crippen LogP contribution >= 0.6 is 0 Å². The Morgan fingerprint density at radius 2 is 2.19 bits per heavy atom. The summed E-state index contributed by atoms with van der Waals surface area (Å²) in [4.78, 5) is 0. The Morgan fingerprint density at radius 1 is 1.44 bits per heavy atom. The third-order valence-corrected chi connectivity index (χ3v) is 1.90. The van der Waals surface area contributed by atoms with Crippen molar-refractivity contribution in [2.24, 2.45) is 0 Å². The molecule has 0 aromatic carbocycles. The number of alkyl halides is 3. The number of rotatable bonds is 6. The number of hydrogen-bond acceptors (Lipinski definition) is 3. The van der Waals surface area contributed by atoms with Gasteiger partial charge in [0.15, 0.2) is 0 Å². The molecule has 0 bridgehead atoms. The molecule has 1 N–H and O–H groups in total. The maximum Gasteiger partial charge on any atom is 0.411 e. The molecule has 0 fully saturated rings. The maximum atomic E-state index is 11.8. The van der Waals surface area contributed by atoms with Gasteiger partial charge in [-0.05, 0) is 12.6 Å². The van der Waals surface area contributed by atoms with E-state index in [1.165, 1.54) is 6.26 Å². The molecule has 0 saturated heterocycles. The zero-order valence-corrected chi connectivity index (χ0v) is 8.93. The summed E-state index contributed by atoms with van der Waals surface area (Å²) < 4.78 is 45.2. The smallest absolute Gasteiger partial charge is 0.411 e. The fourth-order valence-corrected chi connectivity index (χ4v) is 1.17. The summed E-state index contributed by atoms with van der Waals surface area (Å²) in [5, 5.41) is 3.03. The van der Waals surface area contributed by atoms with Crippen molar-refractivity contribution in [2.45, 2.75) is 26.3 Å². The molecule has 0 amide bonds. The molecule has 0 aliphatic heterocycles. The molecule has 0 radical (unpaired) electrons. The van der Waals surface area contributed by atoms with Crippen LogP contribution in [0.4, 0.5) is 13.2 Å². The summed E-state index contributed by atoms with van der Waals surface area (Å²) in [6.45, 7) is 1.87. The Morgan fingerprint density at radius 3 is 2.81 bits per heavy atom. The predicted molar refractivity (Wildman–Crippen MR) is 51.8 cm³/mol. The fraction of sp³-hybridized carbons (Fsp3) is 0.600. The van der Waals surface area contributed by atoms with Gasteiger partial charge in [0.2, 0.25) is 0 Å². The minimum absolute atomic E-state index is 0.0866. The minimum atomic E-state index is -4.29. The van der Waals surface area contributed by atoms with Crippen LogP contribution in [0.25, 0.3) is 0 Å². The van der Waals surface area contributed by atoms with Crippen molar-refractivity contribution in [2.75, 3.05) is 13.2 Å². The van der Waals surface area contributed by atoms with Crippen LogP contribution in [0.2, 0.25) is 0 Å². The van der Waals surface area contributed by atoms with Gasteiger partial charge in [0.1, 0.15) is 12.4 Å². The summed E-state index contributed by atoms with van der Waals surface area (Å²) in [6.07, 6.45) is -2.84. The van der Waals surface area contributed by atoms with Crippen LogP contribution in [0, 0.1) is 0 Å². The van der Waals surface area contributed by atoms with E-state index in [9.17, 15) is 13.2 Å². The van der Waals surface area contributed by atoms with Crippen molar-refractivity contribution in [1.29, 1.82) is 0 Å². The SMILES string of the molecule is CCNCc1occc1COCC(F)(F)F. The number of halogens is 3. The van der Waals surface area contributed by atoms with Crippen molar-refractivity contribution in [3.8, 4) is 0 Å². The molecule has 1 aromatic rings. The van der Waals surface area contributed by atoms with Gasteiger partial charge in [0.05, 0.1) is 19.4 Å². The zero-order valence-electron chi connectivity index (χ0n) is 8.93. The van der Waals surface area contributed by atoms with Crippen LogP contribution in [-0.4, -0.2) is 19.3 Å². The molecule has 16 heavy (non-hydrogen) atoms. The van der Waals surface area contributed by atoms with E-state index in [0.29, 0.717) is 17.9 Å². The van der Waals surface area contributed by atoms with Gasteiger partial charge in [0.25, 0.3) is 0 Å². The third kappa shape index (κ3) is 4.67. The number of ether oxygens (including phenoxy) is 1. The molecule has 6 heteroatoms. The van der Waals surface area contributed by atoms with Crippen LogP contribution in [0.5, 0.6) is 0 Å². The molecule has 0 spiro atoms. The highest BCUT2D eigenvalue weighted by molar-refractivity contribution is 5.15. The van der Waals surface area contributed by atoms with Crippen LogP contribution in [0.3, 0.4) is 0 Å². The van der Waals surface area contributed by atoms with Crippen molar-refractivity contribution in [3.63, 3.8) is 0 Å². The first kappa shape index (κ1) is 13.1. The topological polar surface area (TPSA) is 34.4 Å². The second-order valence-corrected chi connectivity index (χ2v) is 3.26.